The fraction of sp³-hybridized carbons (Fsp3) is 0.233. The predicted molar refractivity (Wildman–Crippen MR) is 133 cm³/mol. The van der Waals surface area contributed by atoms with Crippen LogP contribution in [0, 0.1) is 26.2 Å². The smallest absolute Gasteiger partial charge is 0.324 e. The molecule has 2 atom stereocenters. The Labute approximate surface area is 200 Å². The van der Waals surface area contributed by atoms with Crippen LogP contribution >= 0.6 is 0 Å². The van der Waals surface area contributed by atoms with Gasteiger partial charge in [-0.1, -0.05) is 71.3 Å². The van der Waals surface area contributed by atoms with E-state index < -0.39 is 17.5 Å². The summed E-state index contributed by atoms with van der Waals surface area (Å²) in [5, 5.41) is 0. The molecule has 0 spiro atoms. The number of benzene rings is 3. The van der Waals surface area contributed by atoms with Crippen LogP contribution in [-0.4, -0.2) is 18.9 Å². The minimum absolute atomic E-state index is 0.0900. The van der Waals surface area contributed by atoms with E-state index >= 15 is 0 Å². The molecule has 0 saturated carbocycles. The van der Waals surface area contributed by atoms with Crippen LogP contribution < -0.4 is 4.74 Å². The number of fused-ring (bicyclic) bond motifs is 1. The molecule has 4 rings (SSSR count). The summed E-state index contributed by atoms with van der Waals surface area (Å²) in [7, 11) is 1.31. The quantitative estimate of drug-likeness (QED) is 0.257. The SMILES string of the molecule is COC(=O)C1(CC=C=Cc2cccc(C)c2)C(=O)c2cc(C)ccc2OC1c1ccc(C)cc1. The number of rotatable bonds is 5. The molecule has 0 saturated heterocycles. The molecule has 1 aliphatic rings. The van der Waals surface area contributed by atoms with Gasteiger partial charge in [0.1, 0.15) is 11.9 Å². The normalized spacial score (nSPS) is 18.8. The van der Waals surface area contributed by atoms with Gasteiger partial charge >= 0.3 is 5.97 Å². The van der Waals surface area contributed by atoms with Crippen LogP contribution in [-0.2, 0) is 9.53 Å². The number of allylic oxidation sites excluding steroid dienone is 1. The zero-order valence-electron chi connectivity index (χ0n) is 19.9. The highest BCUT2D eigenvalue weighted by Crippen LogP contribution is 2.50. The van der Waals surface area contributed by atoms with Gasteiger partial charge in [-0.2, -0.15) is 0 Å². The molecule has 4 heteroatoms. The summed E-state index contributed by atoms with van der Waals surface area (Å²) in [4.78, 5) is 27.4. The Morgan fingerprint density at radius 2 is 1.71 bits per heavy atom. The van der Waals surface area contributed by atoms with Crippen LogP contribution in [0.2, 0.25) is 0 Å². The summed E-state index contributed by atoms with van der Waals surface area (Å²) in [6.07, 6.45) is 2.82. The Morgan fingerprint density at radius 1 is 1.00 bits per heavy atom. The maximum Gasteiger partial charge on any atom is 0.324 e. The first kappa shape index (κ1) is 23.3. The molecule has 0 N–H and O–H groups in total. The van der Waals surface area contributed by atoms with E-state index in [1.54, 1.807) is 18.2 Å². The molecule has 4 nitrogen and oxygen atoms in total. The zero-order valence-corrected chi connectivity index (χ0v) is 19.9. The maximum atomic E-state index is 14.0. The molecule has 0 radical (unpaired) electrons. The van der Waals surface area contributed by atoms with Crippen molar-refractivity contribution in [2.45, 2.75) is 33.3 Å². The average Bonchev–Trinajstić information content (AvgIpc) is 2.83. The Balaban J connectivity index is 1.84. The molecule has 0 aliphatic carbocycles. The van der Waals surface area contributed by atoms with Gasteiger partial charge in [-0.25, -0.2) is 0 Å². The third-order valence-corrected chi connectivity index (χ3v) is 6.24. The van der Waals surface area contributed by atoms with Crippen molar-refractivity contribution < 1.29 is 19.1 Å². The number of methoxy groups -OCH3 is 1. The first-order valence-corrected chi connectivity index (χ1v) is 11.3. The van der Waals surface area contributed by atoms with Crippen LogP contribution in [0.3, 0.4) is 0 Å². The first-order valence-electron chi connectivity index (χ1n) is 11.3. The highest BCUT2D eigenvalue weighted by Gasteiger charge is 2.58. The number of esters is 1. The number of hydrogen-bond acceptors (Lipinski definition) is 4. The number of carbonyl (C=O) groups is 2. The number of carbonyl (C=O) groups excluding carboxylic acids is 2. The van der Waals surface area contributed by atoms with Crippen LogP contribution in [0.15, 0.2) is 78.5 Å². The largest absolute Gasteiger partial charge is 0.483 e. The lowest BCUT2D eigenvalue weighted by Crippen LogP contribution is -2.49. The number of hydrogen-bond donors (Lipinski definition) is 0. The van der Waals surface area contributed by atoms with Crippen molar-refractivity contribution in [3.8, 4) is 5.75 Å². The second kappa shape index (κ2) is 9.54. The molecular weight excluding hydrogens is 424 g/mol. The van der Waals surface area contributed by atoms with Crippen LogP contribution in [0.1, 0.15) is 50.7 Å². The molecule has 1 heterocycles. The number of ether oxygens (including phenoxy) is 2. The molecule has 3 aromatic carbocycles. The monoisotopic (exact) mass is 452 g/mol. The van der Waals surface area contributed by atoms with Crippen molar-refractivity contribution in [2.75, 3.05) is 7.11 Å². The third-order valence-electron chi connectivity index (χ3n) is 6.24. The van der Waals surface area contributed by atoms with Crippen molar-refractivity contribution in [3.63, 3.8) is 0 Å². The number of aryl methyl sites for hydroxylation is 3. The average molecular weight is 453 g/mol. The van der Waals surface area contributed by atoms with Gasteiger partial charge < -0.3 is 9.47 Å². The van der Waals surface area contributed by atoms with Gasteiger partial charge in [-0.3, -0.25) is 9.59 Å². The minimum Gasteiger partial charge on any atom is -0.483 e. The third kappa shape index (κ3) is 4.33. The summed E-state index contributed by atoms with van der Waals surface area (Å²) < 4.78 is 11.6. The van der Waals surface area contributed by atoms with Crippen molar-refractivity contribution in [3.05, 3.63) is 112 Å². The van der Waals surface area contributed by atoms with Gasteiger partial charge in [-0.05, 0) is 56.2 Å². The molecule has 2 unspecified atom stereocenters. The Kier molecular flexibility index (Phi) is 6.54. The standard InChI is InChI=1S/C30H28O4/c1-20-11-14-24(15-12-20)28-30(29(32)33-4,17-6-5-9-23-10-7-8-21(2)18-23)27(31)25-19-22(3)13-16-26(25)34-28/h6-16,18-19,28H,17H2,1-4H3. The Morgan fingerprint density at radius 3 is 2.41 bits per heavy atom. The van der Waals surface area contributed by atoms with E-state index in [0.29, 0.717) is 11.3 Å². The van der Waals surface area contributed by atoms with Gasteiger partial charge in [0, 0.05) is 6.42 Å². The van der Waals surface area contributed by atoms with E-state index in [1.165, 1.54) is 7.11 Å². The molecule has 3 aromatic rings. The van der Waals surface area contributed by atoms with Gasteiger partial charge in [0.25, 0.3) is 0 Å². The zero-order chi connectivity index (χ0) is 24.3. The molecule has 34 heavy (non-hydrogen) atoms. The number of ketones is 1. The highest BCUT2D eigenvalue weighted by molar-refractivity contribution is 6.15. The topological polar surface area (TPSA) is 52.6 Å². The van der Waals surface area contributed by atoms with Crippen LogP contribution in [0.25, 0.3) is 6.08 Å². The Hall–Kier alpha value is -3.88. The second-order valence-corrected chi connectivity index (χ2v) is 8.83. The van der Waals surface area contributed by atoms with Crippen LogP contribution in [0.4, 0.5) is 0 Å². The van der Waals surface area contributed by atoms with E-state index in [1.807, 2.05) is 81.4 Å². The summed E-state index contributed by atoms with van der Waals surface area (Å²) in [5.74, 6) is -0.452. The van der Waals surface area contributed by atoms with Crippen molar-refractivity contribution in [1.29, 1.82) is 0 Å². The first-order chi connectivity index (χ1) is 16.3. The van der Waals surface area contributed by atoms with E-state index in [4.69, 9.17) is 9.47 Å². The molecule has 0 aromatic heterocycles. The summed E-state index contributed by atoms with van der Waals surface area (Å²) >= 11 is 0. The van der Waals surface area contributed by atoms with Gasteiger partial charge in [0.15, 0.2) is 11.2 Å². The van der Waals surface area contributed by atoms with Gasteiger partial charge in [0.2, 0.25) is 0 Å². The molecular formula is C30H28O4. The van der Waals surface area contributed by atoms with Crippen molar-refractivity contribution in [2.24, 2.45) is 5.41 Å². The minimum atomic E-state index is -1.57. The molecule has 0 fully saturated rings. The lowest BCUT2D eigenvalue weighted by atomic mass is 9.69. The Bertz CT molecular complexity index is 1300. The summed E-state index contributed by atoms with van der Waals surface area (Å²) in [5.41, 5.74) is 6.84. The summed E-state index contributed by atoms with van der Waals surface area (Å²) in [6.45, 7) is 5.92. The molecule has 0 amide bonds. The van der Waals surface area contributed by atoms with E-state index in [9.17, 15) is 9.59 Å². The van der Waals surface area contributed by atoms with Gasteiger partial charge in [0.05, 0.1) is 12.7 Å². The lowest BCUT2D eigenvalue weighted by molar-refractivity contribution is -0.155. The maximum absolute atomic E-state index is 14.0. The molecule has 0 bridgehead atoms. The highest BCUT2D eigenvalue weighted by atomic mass is 16.5. The summed E-state index contributed by atoms with van der Waals surface area (Å²) in [6, 6.07) is 21.2. The van der Waals surface area contributed by atoms with Crippen molar-refractivity contribution in [1.82, 2.24) is 0 Å². The fourth-order valence-electron chi connectivity index (χ4n) is 4.40. The van der Waals surface area contributed by atoms with Crippen molar-refractivity contribution >= 4 is 17.8 Å². The van der Waals surface area contributed by atoms with E-state index in [0.717, 1.165) is 27.8 Å². The lowest BCUT2D eigenvalue weighted by Gasteiger charge is -2.40. The van der Waals surface area contributed by atoms with Crippen LogP contribution in [0.5, 0.6) is 5.75 Å². The van der Waals surface area contributed by atoms with Gasteiger partial charge in [-0.15, -0.1) is 5.73 Å². The fourth-order valence-corrected chi connectivity index (χ4v) is 4.40. The van der Waals surface area contributed by atoms with E-state index in [-0.39, 0.29) is 12.2 Å². The second-order valence-electron chi connectivity index (χ2n) is 8.83. The van der Waals surface area contributed by atoms with E-state index in [2.05, 4.69) is 5.73 Å². The molecule has 172 valence electrons. The predicted octanol–water partition coefficient (Wildman–Crippen LogP) is 6.35. The molecule has 1 aliphatic heterocycles. The number of Topliss-reactive ketones (excluding diaryl/α,β-unsaturated/α-hetero) is 1.